The zero-order valence-corrected chi connectivity index (χ0v) is 13.7. The number of urea groups is 1. The van der Waals surface area contributed by atoms with Gasteiger partial charge in [0.25, 0.3) is 0 Å². The molecule has 3 unspecified atom stereocenters. The molecule has 0 radical (unpaired) electrons. The Kier molecular flexibility index (Phi) is 5.58. The number of aromatic nitrogens is 1. The van der Waals surface area contributed by atoms with Crippen LogP contribution in [0.25, 0.3) is 0 Å². The van der Waals surface area contributed by atoms with Crippen molar-refractivity contribution in [3.05, 3.63) is 16.1 Å². The summed E-state index contributed by atoms with van der Waals surface area (Å²) in [4.78, 5) is 16.6. The van der Waals surface area contributed by atoms with Crippen LogP contribution in [0.5, 0.6) is 0 Å². The number of amides is 2. The number of aliphatic hydroxyl groups excluding tert-OH is 1. The van der Waals surface area contributed by atoms with Crippen LogP contribution in [0.15, 0.2) is 5.38 Å². The summed E-state index contributed by atoms with van der Waals surface area (Å²) in [5, 5.41) is 18.3. The first-order valence-corrected chi connectivity index (χ1v) is 8.48. The minimum atomic E-state index is -0.331. The van der Waals surface area contributed by atoms with Crippen LogP contribution in [0.2, 0.25) is 0 Å². The SMILES string of the molecule is Cc1csc(C(NC(=O)NCC(C)CC(C)O)C2CC2)n1. The average Bonchev–Trinajstić information content (AvgIpc) is 3.15. The molecule has 21 heavy (non-hydrogen) atoms. The highest BCUT2D eigenvalue weighted by Crippen LogP contribution is 2.41. The summed E-state index contributed by atoms with van der Waals surface area (Å²) in [6.45, 7) is 6.34. The number of nitrogens with zero attached hydrogens (tertiary/aromatic N) is 1. The van der Waals surface area contributed by atoms with E-state index in [-0.39, 0.29) is 24.1 Å². The number of carbonyl (C=O) groups is 1. The van der Waals surface area contributed by atoms with E-state index in [4.69, 9.17) is 0 Å². The van der Waals surface area contributed by atoms with Crippen LogP contribution in [0.4, 0.5) is 4.79 Å². The van der Waals surface area contributed by atoms with Gasteiger partial charge < -0.3 is 15.7 Å². The van der Waals surface area contributed by atoms with E-state index in [0.717, 1.165) is 23.5 Å². The number of aliphatic hydroxyl groups is 1. The van der Waals surface area contributed by atoms with Crippen molar-refractivity contribution in [3.63, 3.8) is 0 Å². The van der Waals surface area contributed by atoms with E-state index in [9.17, 15) is 9.90 Å². The standard InChI is InChI=1S/C15H25N3O2S/c1-9(6-11(3)19)7-16-15(20)18-13(12-4-5-12)14-17-10(2)8-21-14/h8-9,11-13,19H,4-7H2,1-3H3,(H2,16,18,20). The highest BCUT2D eigenvalue weighted by molar-refractivity contribution is 7.09. The Morgan fingerprint density at radius 2 is 2.24 bits per heavy atom. The average molecular weight is 311 g/mol. The summed E-state index contributed by atoms with van der Waals surface area (Å²) in [7, 11) is 0. The van der Waals surface area contributed by atoms with Crippen LogP contribution in [0.1, 0.15) is 49.9 Å². The summed E-state index contributed by atoms with van der Waals surface area (Å²) in [5.41, 5.74) is 1.01. The molecule has 118 valence electrons. The lowest BCUT2D eigenvalue weighted by atomic mass is 10.1. The van der Waals surface area contributed by atoms with Gasteiger partial charge in [-0.05, 0) is 44.9 Å². The molecule has 1 aliphatic carbocycles. The summed E-state index contributed by atoms with van der Waals surface area (Å²) in [6.07, 6.45) is 2.67. The lowest BCUT2D eigenvalue weighted by molar-refractivity contribution is 0.163. The molecule has 6 heteroatoms. The number of thiazole rings is 1. The fourth-order valence-electron chi connectivity index (χ4n) is 2.45. The Morgan fingerprint density at radius 3 is 2.76 bits per heavy atom. The van der Waals surface area contributed by atoms with Gasteiger partial charge in [0.1, 0.15) is 5.01 Å². The van der Waals surface area contributed by atoms with Gasteiger partial charge in [0.15, 0.2) is 0 Å². The van der Waals surface area contributed by atoms with Crippen LogP contribution in [0, 0.1) is 18.8 Å². The molecular weight excluding hydrogens is 286 g/mol. The number of hydrogen-bond acceptors (Lipinski definition) is 4. The molecule has 1 aliphatic rings. The predicted molar refractivity (Wildman–Crippen MR) is 84.3 cm³/mol. The summed E-state index contributed by atoms with van der Waals surface area (Å²) in [6, 6.07) is -0.104. The van der Waals surface area contributed by atoms with E-state index in [1.807, 2.05) is 19.2 Å². The molecule has 5 nitrogen and oxygen atoms in total. The van der Waals surface area contributed by atoms with E-state index in [1.165, 1.54) is 0 Å². The lowest BCUT2D eigenvalue weighted by Gasteiger charge is -2.18. The van der Waals surface area contributed by atoms with Gasteiger partial charge >= 0.3 is 6.03 Å². The second kappa shape index (κ2) is 7.22. The molecule has 2 rings (SSSR count). The molecule has 0 aromatic carbocycles. The van der Waals surface area contributed by atoms with E-state index < -0.39 is 0 Å². The van der Waals surface area contributed by atoms with Crippen LogP contribution in [-0.4, -0.2) is 28.8 Å². The number of rotatable bonds is 7. The number of carbonyl (C=O) groups excluding carboxylic acids is 1. The minimum Gasteiger partial charge on any atom is -0.393 e. The summed E-state index contributed by atoms with van der Waals surface area (Å²) in [5.74, 6) is 0.786. The topological polar surface area (TPSA) is 74.2 Å². The molecule has 1 aromatic heterocycles. The van der Waals surface area contributed by atoms with Gasteiger partial charge in [-0.3, -0.25) is 0 Å². The maximum absolute atomic E-state index is 12.0. The molecule has 3 N–H and O–H groups in total. The lowest BCUT2D eigenvalue weighted by Crippen LogP contribution is -2.40. The van der Waals surface area contributed by atoms with Crippen LogP contribution in [0.3, 0.4) is 0 Å². The Balaban J connectivity index is 1.82. The normalized spacial score (nSPS) is 18.9. The van der Waals surface area contributed by atoms with Crippen molar-refractivity contribution >= 4 is 17.4 Å². The molecule has 1 fully saturated rings. The zero-order chi connectivity index (χ0) is 15.4. The largest absolute Gasteiger partial charge is 0.393 e. The van der Waals surface area contributed by atoms with Gasteiger partial charge in [0.2, 0.25) is 0 Å². The summed E-state index contributed by atoms with van der Waals surface area (Å²) >= 11 is 1.61. The smallest absolute Gasteiger partial charge is 0.315 e. The third-order valence-corrected chi connectivity index (χ3v) is 4.68. The molecular formula is C15H25N3O2S. The molecule has 3 atom stereocenters. The fraction of sp³-hybridized carbons (Fsp3) is 0.733. The van der Waals surface area contributed by atoms with Crippen molar-refractivity contribution in [1.82, 2.24) is 15.6 Å². The van der Waals surface area contributed by atoms with Crippen molar-refractivity contribution in [2.45, 2.75) is 52.2 Å². The maximum Gasteiger partial charge on any atom is 0.315 e. The monoisotopic (exact) mass is 311 g/mol. The van der Waals surface area contributed by atoms with E-state index in [1.54, 1.807) is 18.3 Å². The summed E-state index contributed by atoms with van der Waals surface area (Å²) < 4.78 is 0. The quantitative estimate of drug-likeness (QED) is 0.724. The second-order valence-electron chi connectivity index (χ2n) is 6.19. The first kappa shape index (κ1) is 16.2. The van der Waals surface area contributed by atoms with Crippen molar-refractivity contribution in [1.29, 1.82) is 0 Å². The Morgan fingerprint density at radius 1 is 1.52 bits per heavy atom. The van der Waals surface area contributed by atoms with Crippen molar-refractivity contribution < 1.29 is 9.90 Å². The molecule has 0 saturated heterocycles. The van der Waals surface area contributed by atoms with Crippen LogP contribution < -0.4 is 10.6 Å². The highest BCUT2D eigenvalue weighted by atomic mass is 32.1. The van der Waals surface area contributed by atoms with Gasteiger partial charge in [-0.2, -0.15) is 0 Å². The second-order valence-corrected chi connectivity index (χ2v) is 7.08. The van der Waals surface area contributed by atoms with Gasteiger partial charge in [-0.1, -0.05) is 6.92 Å². The van der Waals surface area contributed by atoms with Gasteiger partial charge in [0, 0.05) is 17.6 Å². The molecule has 0 aliphatic heterocycles. The molecule has 0 bridgehead atoms. The van der Waals surface area contributed by atoms with Gasteiger partial charge in [-0.15, -0.1) is 11.3 Å². The van der Waals surface area contributed by atoms with Crippen molar-refractivity contribution in [3.8, 4) is 0 Å². The molecule has 2 amide bonds. The number of hydrogen-bond donors (Lipinski definition) is 3. The third-order valence-electron chi connectivity index (χ3n) is 3.64. The van der Waals surface area contributed by atoms with Gasteiger partial charge in [-0.25, -0.2) is 9.78 Å². The van der Waals surface area contributed by atoms with Crippen LogP contribution in [-0.2, 0) is 0 Å². The highest BCUT2D eigenvalue weighted by Gasteiger charge is 2.35. The number of aryl methyl sites for hydroxylation is 1. The third kappa shape index (κ3) is 5.28. The van der Waals surface area contributed by atoms with Crippen LogP contribution >= 0.6 is 11.3 Å². The van der Waals surface area contributed by atoms with Gasteiger partial charge in [0.05, 0.1) is 12.1 Å². The predicted octanol–water partition coefficient (Wildman–Crippen LogP) is 2.61. The van der Waals surface area contributed by atoms with Crippen molar-refractivity contribution in [2.24, 2.45) is 11.8 Å². The first-order valence-electron chi connectivity index (χ1n) is 7.60. The molecule has 0 spiro atoms. The Bertz CT molecular complexity index is 471. The van der Waals surface area contributed by atoms with E-state index >= 15 is 0 Å². The Hall–Kier alpha value is -1.14. The minimum absolute atomic E-state index is 0.0378. The maximum atomic E-state index is 12.0. The number of nitrogens with one attached hydrogen (secondary N) is 2. The zero-order valence-electron chi connectivity index (χ0n) is 12.9. The molecule has 1 heterocycles. The molecule has 1 aromatic rings. The van der Waals surface area contributed by atoms with E-state index in [0.29, 0.717) is 18.9 Å². The Labute approximate surface area is 130 Å². The fourth-order valence-corrected chi connectivity index (χ4v) is 3.39. The van der Waals surface area contributed by atoms with Crippen molar-refractivity contribution in [2.75, 3.05) is 6.54 Å². The molecule has 1 saturated carbocycles. The first-order chi connectivity index (χ1) is 9.95. The van der Waals surface area contributed by atoms with E-state index in [2.05, 4.69) is 15.6 Å².